The Hall–Kier alpha value is -3.78. The summed E-state index contributed by atoms with van der Waals surface area (Å²) in [5.41, 5.74) is 4.76. The second-order valence-electron chi connectivity index (χ2n) is 9.15. The summed E-state index contributed by atoms with van der Waals surface area (Å²) in [6.07, 6.45) is 5.18. The SMILES string of the molecule is COC(=O)c1ccc([C@H]2Nc3ccc(S(=O)(=O)Nc4cc(C)ccc4OC)cc3[C@H]3C=CC[C@H]32)cc1. The summed E-state index contributed by atoms with van der Waals surface area (Å²) in [7, 11) is -0.952. The molecule has 0 radical (unpaired) electrons. The van der Waals surface area contributed by atoms with Gasteiger partial charge in [-0.3, -0.25) is 4.72 Å². The molecule has 0 amide bonds. The number of fused-ring (bicyclic) bond motifs is 3. The van der Waals surface area contributed by atoms with E-state index in [4.69, 9.17) is 9.47 Å². The summed E-state index contributed by atoms with van der Waals surface area (Å²) in [5, 5.41) is 3.61. The standard InChI is InChI=1S/C28H28N2O5S/c1-17-7-14-26(34-2)25(15-17)30-36(32,33)20-12-13-24-23(16-20)21-5-4-6-22(21)27(29-24)18-8-10-19(11-9-18)28(31)35-3/h4-5,7-16,21-22,27,29-30H,6H2,1-3H3/t21-,22+,27+/m0/s1. The van der Waals surface area contributed by atoms with Gasteiger partial charge in [0.15, 0.2) is 0 Å². The Bertz CT molecular complexity index is 1450. The molecular formula is C28H28N2O5S. The number of carbonyl (C=O) groups is 1. The van der Waals surface area contributed by atoms with E-state index in [1.807, 2.05) is 31.2 Å². The van der Waals surface area contributed by atoms with Crippen LogP contribution in [0.25, 0.3) is 0 Å². The molecule has 8 heteroatoms. The van der Waals surface area contributed by atoms with Crippen LogP contribution in [-0.2, 0) is 14.8 Å². The van der Waals surface area contributed by atoms with E-state index in [0.29, 0.717) is 17.0 Å². The van der Waals surface area contributed by atoms with Gasteiger partial charge in [-0.05, 0) is 78.4 Å². The summed E-state index contributed by atoms with van der Waals surface area (Å²) >= 11 is 0. The number of aryl methyl sites for hydroxylation is 1. The monoisotopic (exact) mass is 504 g/mol. The Morgan fingerprint density at radius 3 is 2.53 bits per heavy atom. The first kappa shape index (κ1) is 23.9. The number of hydrogen-bond acceptors (Lipinski definition) is 6. The van der Waals surface area contributed by atoms with Crippen LogP contribution in [0.4, 0.5) is 11.4 Å². The van der Waals surface area contributed by atoms with Crippen molar-refractivity contribution in [3.8, 4) is 5.75 Å². The lowest BCUT2D eigenvalue weighted by Crippen LogP contribution is -2.29. The summed E-state index contributed by atoms with van der Waals surface area (Å²) in [4.78, 5) is 12.0. The van der Waals surface area contributed by atoms with E-state index in [9.17, 15) is 13.2 Å². The number of methoxy groups -OCH3 is 2. The number of esters is 1. The third-order valence-corrected chi connectivity index (χ3v) is 8.30. The minimum atomic E-state index is -3.83. The lowest BCUT2D eigenvalue weighted by atomic mass is 9.77. The lowest BCUT2D eigenvalue weighted by molar-refractivity contribution is 0.0600. The molecular weight excluding hydrogens is 476 g/mol. The maximum absolute atomic E-state index is 13.3. The molecule has 1 aliphatic heterocycles. The van der Waals surface area contributed by atoms with Gasteiger partial charge in [0, 0.05) is 11.6 Å². The zero-order valence-corrected chi connectivity index (χ0v) is 21.1. The first-order valence-corrected chi connectivity index (χ1v) is 13.2. The van der Waals surface area contributed by atoms with Crippen molar-refractivity contribution in [3.05, 3.63) is 95.1 Å². The molecule has 0 saturated heterocycles. The van der Waals surface area contributed by atoms with Crippen LogP contribution >= 0.6 is 0 Å². The normalized spacial score (nSPS) is 20.1. The predicted molar refractivity (Wildman–Crippen MR) is 139 cm³/mol. The predicted octanol–water partition coefficient (Wildman–Crippen LogP) is 5.42. The topological polar surface area (TPSA) is 93.7 Å². The number of carbonyl (C=O) groups excluding carboxylic acids is 1. The fourth-order valence-electron chi connectivity index (χ4n) is 5.12. The number of rotatable bonds is 6. The van der Waals surface area contributed by atoms with Crippen molar-refractivity contribution in [2.75, 3.05) is 24.3 Å². The molecule has 1 aliphatic carbocycles. The van der Waals surface area contributed by atoms with Crippen LogP contribution in [0.2, 0.25) is 0 Å². The first-order chi connectivity index (χ1) is 17.3. The van der Waals surface area contributed by atoms with Crippen LogP contribution in [0.3, 0.4) is 0 Å². The van der Waals surface area contributed by atoms with Gasteiger partial charge in [0.1, 0.15) is 5.75 Å². The summed E-state index contributed by atoms with van der Waals surface area (Å²) < 4.78 is 39.5. The molecule has 3 aromatic rings. The molecule has 1 heterocycles. The minimum Gasteiger partial charge on any atom is -0.495 e. The molecule has 5 rings (SSSR count). The van der Waals surface area contributed by atoms with Crippen LogP contribution in [0.15, 0.2) is 77.7 Å². The number of anilines is 2. The maximum atomic E-state index is 13.3. The third kappa shape index (κ3) is 4.33. The van der Waals surface area contributed by atoms with Crippen molar-refractivity contribution >= 4 is 27.4 Å². The first-order valence-electron chi connectivity index (χ1n) is 11.7. The number of benzene rings is 3. The van der Waals surface area contributed by atoms with Crippen molar-refractivity contribution < 1.29 is 22.7 Å². The molecule has 0 fully saturated rings. The van der Waals surface area contributed by atoms with E-state index >= 15 is 0 Å². The van der Waals surface area contributed by atoms with Crippen molar-refractivity contribution in [2.24, 2.45) is 5.92 Å². The molecule has 0 bridgehead atoms. The fourth-order valence-corrected chi connectivity index (χ4v) is 6.22. The Labute approximate surface area is 211 Å². The number of sulfonamides is 1. The highest BCUT2D eigenvalue weighted by molar-refractivity contribution is 7.92. The van der Waals surface area contributed by atoms with E-state index < -0.39 is 10.0 Å². The number of hydrogen-bond donors (Lipinski definition) is 2. The summed E-state index contributed by atoms with van der Waals surface area (Å²) in [5.74, 6) is 0.401. The van der Waals surface area contributed by atoms with Crippen molar-refractivity contribution in [3.63, 3.8) is 0 Å². The highest BCUT2D eigenvalue weighted by Crippen LogP contribution is 2.50. The van der Waals surface area contributed by atoms with Crippen LogP contribution in [0.5, 0.6) is 5.75 Å². The van der Waals surface area contributed by atoms with Gasteiger partial charge in [-0.25, -0.2) is 13.2 Å². The van der Waals surface area contributed by atoms with Crippen molar-refractivity contribution in [1.82, 2.24) is 0 Å². The van der Waals surface area contributed by atoms with Crippen LogP contribution < -0.4 is 14.8 Å². The van der Waals surface area contributed by atoms with Crippen molar-refractivity contribution in [2.45, 2.75) is 30.2 Å². The Morgan fingerprint density at radius 2 is 1.81 bits per heavy atom. The molecule has 0 saturated carbocycles. The van der Waals surface area contributed by atoms with Gasteiger partial charge < -0.3 is 14.8 Å². The summed E-state index contributed by atoms with van der Waals surface area (Å²) in [6, 6.07) is 18.0. The Morgan fingerprint density at radius 1 is 1.03 bits per heavy atom. The van der Waals surface area contributed by atoms with Crippen LogP contribution in [-0.4, -0.2) is 28.6 Å². The van der Waals surface area contributed by atoms with Crippen molar-refractivity contribution in [1.29, 1.82) is 0 Å². The average Bonchev–Trinajstić information content (AvgIpc) is 3.38. The van der Waals surface area contributed by atoms with Gasteiger partial charge in [0.2, 0.25) is 0 Å². The quantitative estimate of drug-likeness (QED) is 0.344. The van der Waals surface area contributed by atoms with Gasteiger partial charge >= 0.3 is 5.97 Å². The second kappa shape index (κ2) is 9.35. The highest BCUT2D eigenvalue weighted by Gasteiger charge is 2.38. The van der Waals surface area contributed by atoms with E-state index in [0.717, 1.165) is 28.8 Å². The molecule has 2 N–H and O–H groups in total. The largest absolute Gasteiger partial charge is 0.495 e. The highest BCUT2D eigenvalue weighted by atomic mass is 32.2. The Balaban J connectivity index is 1.46. The van der Waals surface area contributed by atoms with E-state index in [2.05, 4.69) is 22.2 Å². The minimum absolute atomic E-state index is 0.0290. The fraction of sp³-hybridized carbons (Fsp3) is 0.250. The third-order valence-electron chi connectivity index (χ3n) is 6.93. The molecule has 3 aromatic carbocycles. The zero-order valence-electron chi connectivity index (χ0n) is 20.3. The molecule has 186 valence electrons. The van der Waals surface area contributed by atoms with E-state index in [1.54, 1.807) is 36.4 Å². The van der Waals surface area contributed by atoms with Gasteiger partial charge in [-0.15, -0.1) is 0 Å². The molecule has 0 unspecified atom stereocenters. The van der Waals surface area contributed by atoms with E-state index in [1.165, 1.54) is 14.2 Å². The average molecular weight is 505 g/mol. The maximum Gasteiger partial charge on any atom is 0.337 e. The molecule has 3 atom stereocenters. The number of ether oxygens (including phenoxy) is 2. The van der Waals surface area contributed by atoms with Crippen LogP contribution in [0, 0.1) is 12.8 Å². The number of nitrogens with one attached hydrogen (secondary N) is 2. The molecule has 0 spiro atoms. The Kier molecular flexibility index (Phi) is 6.22. The zero-order chi connectivity index (χ0) is 25.4. The smallest absolute Gasteiger partial charge is 0.337 e. The van der Waals surface area contributed by atoms with E-state index in [-0.39, 0.29) is 28.7 Å². The van der Waals surface area contributed by atoms with Gasteiger partial charge in [-0.2, -0.15) is 0 Å². The van der Waals surface area contributed by atoms with Gasteiger partial charge in [0.05, 0.1) is 36.4 Å². The molecule has 0 aromatic heterocycles. The lowest BCUT2D eigenvalue weighted by Gasteiger charge is -2.37. The van der Waals surface area contributed by atoms with Crippen LogP contribution in [0.1, 0.15) is 45.4 Å². The molecule has 7 nitrogen and oxygen atoms in total. The number of allylic oxidation sites excluding steroid dienone is 2. The molecule has 2 aliphatic rings. The summed E-state index contributed by atoms with van der Waals surface area (Å²) in [6.45, 7) is 1.90. The molecule has 36 heavy (non-hydrogen) atoms. The van der Waals surface area contributed by atoms with Gasteiger partial charge in [-0.1, -0.05) is 30.4 Å². The second-order valence-corrected chi connectivity index (χ2v) is 10.8. The van der Waals surface area contributed by atoms with Gasteiger partial charge in [0.25, 0.3) is 10.0 Å².